The zero-order valence-electron chi connectivity index (χ0n) is 18.8. The molecule has 3 aromatic rings. The molecule has 0 unspecified atom stereocenters. The van der Waals surface area contributed by atoms with Crippen LogP contribution in [0.5, 0.6) is 5.75 Å². The highest BCUT2D eigenvalue weighted by Crippen LogP contribution is 2.29. The summed E-state index contributed by atoms with van der Waals surface area (Å²) in [6.45, 7) is 2.86. The average Bonchev–Trinajstić information content (AvgIpc) is 3.52. The smallest absolute Gasteiger partial charge is 0.251 e. The molecule has 2 amide bonds. The monoisotopic (exact) mass is 475 g/mol. The average molecular weight is 476 g/mol. The third kappa shape index (κ3) is 4.22. The van der Waals surface area contributed by atoms with Crippen molar-refractivity contribution in [1.82, 2.24) is 4.90 Å². The van der Waals surface area contributed by atoms with Crippen molar-refractivity contribution in [2.75, 3.05) is 43.1 Å². The number of rotatable bonds is 6. The molecule has 0 spiro atoms. The lowest BCUT2D eigenvalue weighted by Gasteiger charge is -2.38. The van der Waals surface area contributed by atoms with Gasteiger partial charge in [-0.2, -0.15) is 0 Å². The Balaban J connectivity index is 1.22. The van der Waals surface area contributed by atoms with E-state index in [9.17, 15) is 14.4 Å². The highest BCUT2D eigenvalue weighted by atomic mass is 32.1. The van der Waals surface area contributed by atoms with Crippen molar-refractivity contribution in [3.05, 3.63) is 76.5 Å². The molecule has 34 heavy (non-hydrogen) atoms. The molecule has 8 heteroatoms. The summed E-state index contributed by atoms with van der Waals surface area (Å²) in [5, 5.41) is 1.90. The van der Waals surface area contributed by atoms with E-state index in [2.05, 4.69) is 9.80 Å². The number of hydrogen-bond donors (Lipinski definition) is 0. The largest absolute Gasteiger partial charge is 0.497 e. The van der Waals surface area contributed by atoms with Gasteiger partial charge in [-0.3, -0.25) is 19.3 Å². The van der Waals surface area contributed by atoms with Crippen molar-refractivity contribution in [3.63, 3.8) is 0 Å². The lowest BCUT2D eigenvalue weighted by Crippen LogP contribution is -2.52. The van der Waals surface area contributed by atoms with Gasteiger partial charge in [-0.15, -0.1) is 11.3 Å². The van der Waals surface area contributed by atoms with Crippen molar-refractivity contribution < 1.29 is 19.1 Å². The predicted molar refractivity (Wildman–Crippen MR) is 132 cm³/mol. The van der Waals surface area contributed by atoms with Gasteiger partial charge in [0.2, 0.25) is 11.7 Å². The van der Waals surface area contributed by atoms with E-state index >= 15 is 0 Å². The van der Waals surface area contributed by atoms with Crippen LogP contribution in [0.2, 0.25) is 0 Å². The molecule has 2 fully saturated rings. The summed E-state index contributed by atoms with van der Waals surface area (Å²) >= 11 is 1.44. The van der Waals surface area contributed by atoms with Gasteiger partial charge in [-0.25, -0.2) is 4.90 Å². The maximum atomic E-state index is 13.1. The number of thiophene rings is 1. The molecule has 2 aliphatic heterocycles. The van der Waals surface area contributed by atoms with Gasteiger partial charge in [0, 0.05) is 43.5 Å². The molecule has 1 aromatic heterocycles. The minimum atomic E-state index is -0.438. The first-order chi connectivity index (χ1) is 16.5. The van der Waals surface area contributed by atoms with Gasteiger partial charge in [0.1, 0.15) is 5.75 Å². The first-order valence-corrected chi connectivity index (χ1v) is 12.1. The van der Waals surface area contributed by atoms with E-state index in [1.807, 2.05) is 41.8 Å². The summed E-state index contributed by atoms with van der Waals surface area (Å²) in [6, 6.07) is 18.0. The number of piperazine rings is 1. The fourth-order valence-corrected chi connectivity index (χ4v) is 5.27. The summed E-state index contributed by atoms with van der Waals surface area (Å²) in [7, 11) is 1.56. The maximum absolute atomic E-state index is 13.1. The van der Waals surface area contributed by atoms with Crippen molar-refractivity contribution in [3.8, 4) is 5.75 Å². The zero-order chi connectivity index (χ0) is 23.7. The minimum Gasteiger partial charge on any atom is -0.497 e. The Labute approximate surface area is 202 Å². The molecule has 0 saturated carbocycles. The zero-order valence-corrected chi connectivity index (χ0v) is 19.7. The summed E-state index contributed by atoms with van der Waals surface area (Å²) in [5.74, 6) is 0.287. The van der Waals surface area contributed by atoms with Crippen LogP contribution in [0.4, 0.5) is 11.4 Å². The maximum Gasteiger partial charge on any atom is 0.251 e. The van der Waals surface area contributed by atoms with Crippen LogP contribution in [0.3, 0.4) is 0 Å². The van der Waals surface area contributed by atoms with Gasteiger partial charge < -0.3 is 9.64 Å². The van der Waals surface area contributed by atoms with E-state index in [0.29, 0.717) is 30.1 Å². The molecule has 2 saturated heterocycles. The minimum absolute atomic E-state index is 0.0383. The Kier molecular flexibility index (Phi) is 6.17. The van der Waals surface area contributed by atoms with Crippen molar-refractivity contribution in [1.29, 1.82) is 0 Å². The summed E-state index contributed by atoms with van der Waals surface area (Å²) < 4.78 is 5.24. The van der Waals surface area contributed by atoms with E-state index < -0.39 is 6.04 Å². The third-order valence-electron chi connectivity index (χ3n) is 6.43. The van der Waals surface area contributed by atoms with Crippen molar-refractivity contribution in [2.45, 2.75) is 12.5 Å². The molecule has 0 bridgehead atoms. The Morgan fingerprint density at radius 3 is 2.38 bits per heavy atom. The molecule has 0 N–H and O–H groups in total. The molecule has 1 atom stereocenters. The van der Waals surface area contributed by atoms with E-state index in [4.69, 9.17) is 4.74 Å². The Morgan fingerprint density at radius 2 is 1.71 bits per heavy atom. The molecule has 174 valence electrons. The second-order valence-electron chi connectivity index (χ2n) is 8.37. The SMILES string of the molecule is COc1cccc(N2C(=O)C[C@@H](N3CCN(c4ccc(C(=O)c5cccs5)cc4)CC3)C2=O)c1. The Hall–Kier alpha value is -3.49. The number of ketones is 1. The standard InChI is InChI=1S/C26H25N3O4S/c1-33-21-5-2-4-20(16-21)29-24(30)17-22(26(29)32)28-13-11-27(12-14-28)19-9-7-18(8-10-19)25(31)23-6-3-15-34-23/h2-10,15-16,22H,11-14,17H2,1H3/t22-/m1/s1. The van der Waals surface area contributed by atoms with Gasteiger partial charge in [-0.1, -0.05) is 12.1 Å². The number of ether oxygens (including phenoxy) is 1. The van der Waals surface area contributed by atoms with Gasteiger partial charge in [-0.05, 0) is 47.8 Å². The molecular weight excluding hydrogens is 450 g/mol. The van der Waals surface area contributed by atoms with Gasteiger partial charge in [0.15, 0.2) is 0 Å². The Bertz CT molecular complexity index is 1200. The number of hydrogen-bond acceptors (Lipinski definition) is 7. The molecular formula is C26H25N3O4S. The molecule has 3 heterocycles. The predicted octanol–water partition coefficient (Wildman–Crippen LogP) is 3.44. The van der Waals surface area contributed by atoms with Crippen LogP contribution in [-0.2, 0) is 9.59 Å². The lowest BCUT2D eigenvalue weighted by atomic mass is 10.1. The number of methoxy groups -OCH3 is 1. The normalized spacial score (nSPS) is 19.0. The Morgan fingerprint density at radius 1 is 0.941 bits per heavy atom. The second-order valence-corrected chi connectivity index (χ2v) is 9.31. The van der Waals surface area contributed by atoms with Crippen LogP contribution in [0.15, 0.2) is 66.0 Å². The fourth-order valence-electron chi connectivity index (χ4n) is 4.59. The molecule has 5 rings (SSSR count). The molecule has 7 nitrogen and oxygen atoms in total. The summed E-state index contributed by atoms with van der Waals surface area (Å²) in [6.07, 6.45) is 0.190. The van der Waals surface area contributed by atoms with Crippen LogP contribution in [0.25, 0.3) is 0 Å². The van der Waals surface area contributed by atoms with Crippen LogP contribution < -0.4 is 14.5 Å². The van der Waals surface area contributed by atoms with E-state index in [-0.39, 0.29) is 24.0 Å². The van der Waals surface area contributed by atoms with E-state index in [1.165, 1.54) is 16.2 Å². The molecule has 0 radical (unpaired) electrons. The molecule has 2 aliphatic rings. The highest BCUT2D eigenvalue weighted by Gasteiger charge is 2.43. The number of benzene rings is 2. The number of nitrogens with zero attached hydrogens (tertiary/aromatic N) is 3. The van der Waals surface area contributed by atoms with Crippen molar-refractivity contribution in [2.24, 2.45) is 0 Å². The summed E-state index contributed by atoms with van der Waals surface area (Å²) in [5.41, 5.74) is 2.28. The number of carbonyl (C=O) groups excluding carboxylic acids is 3. The molecule has 2 aromatic carbocycles. The van der Waals surface area contributed by atoms with Gasteiger partial charge in [0.25, 0.3) is 5.91 Å². The van der Waals surface area contributed by atoms with Crippen molar-refractivity contribution >= 4 is 40.3 Å². The fraction of sp³-hybridized carbons (Fsp3) is 0.269. The number of imide groups is 1. The highest BCUT2D eigenvalue weighted by molar-refractivity contribution is 7.12. The second kappa shape index (κ2) is 9.40. The number of anilines is 2. The van der Waals surface area contributed by atoms with Crippen LogP contribution in [0.1, 0.15) is 21.7 Å². The first-order valence-electron chi connectivity index (χ1n) is 11.2. The van der Waals surface area contributed by atoms with E-state index in [1.54, 1.807) is 31.4 Å². The van der Waals surface area contributed by atoms with Crippen LogP contribution in [0, 0.1) is 0 Å². The third-order valence-corrected chi connectivity index (χ3v) is 7.30. The van der Waals surface area contributed by atoms with Gasteiger partial charge >= 0.3 is 0 Å². The van der Waals surface area contributed by atoms with Gasteiger partial charge in [0.05, 0.1) is 30.1 Å². The lowest BCUT2D eigenvalue weighted by molar-refractivity contribution is -0.123. The quantitative estimate of drug-likeness (QED) is 0.402. The topological polar surface area (TPSA) is 70.2 Å². The van der Waals surface area contributed by atoms with Crippen LogP contribution in [-0.4, -0.2) is 61.8 Å². The number of carbonyl (C=O) groups is 3. The number of amides is 2. The summed E-state index contributed by atoms with van der Waals surface area (Å²) in [4.78, 5) is 44.7. The van der Waals surface area contributed by atoms with Crippen LogP contribution >= 0.6 is 11.3 Å². The first kappa shape index (κ1) is 22.3. The van der Waals surface area contributed by atoms with E-state index in [0.717, 1.165) is 23.7 Å². The molecule has 0 aliphatic carbocycles.